The van der Waals surface area contributed by atoms with Gasteiger partial charge < -0.3 is 10.1 Å². The second kappa shape index (κ2) is 5.70. The van der Waals surface area contributed by atoms with Gasteiger partial charge in [0.1, 0.15) is 11.8 Å². The molecule has 3 heteroatoms. The summed E-state index contributed by atoms with van der Waals surface area (Å²) >= 11 is 0. The highest BCUT2D eigenvalue weighted by Gasteiger charge is 2.21. The maximum Gasteiger partial charge on any atom is 0.174 e. The van der Waals surface area contributed by atoms with Crippen molar-refractivity contribution in [2.75, 3.05) is 13.2 Å². The van der Waals surface area contributed by atoms with Gasteiger partial charge in [0.05, 0.1) is 0 Å². The van der Waals surface area contributed by atoms with Crippen LogP contribution in [0, 0.1) is 17.2 Å². The van der Waals surface area contributed by atoms with E-state index in [1.54, 1.807) is 0 Å². The summed E-state index contributed by atoms with van der Waals surface area (Å²) in [5.74, 6) is 1.65. The molecule has 0 saturated heterocycles. The van der Waals surface area contributed by atoms with Crippen molar-refractivity contribution in [1.29, 1.82) is 5.26 Å². The third kappa shape index (κ3) is 3.76. The summed E-state index contributed by atoms with van der Waals surface area (Å²) in [6, 6.07) is 10.3. The Labute approximate surface area is 102 Å². The van der Waals surface area contributed by atoms with Gasteiger partial charge >= 0.3 is 0 Å². The topological polar surface area (TPSA) is 45.0 Å². The van der Waals surface area contributed by atoms with Gasteiger partial charge in [-0.05, 0) is 49.9 Å². The van der Waals surface area contributed by atoms with E-state index in [0.29, 0.717) is 6.04 Å². The Bertz CT molecular complexity index is 390. The lowest BCUT2D eigenvalue weighted by atomic mass is 10.1. The molecule has 90 valence electrons. The van der Waals surface area contributed by atoms with Gasteiger partial charge in [0.15, 0.2) is 6.61 Å². The third-order valence-electron chi connectivity index (χ3n) is 3.09. The van der Waals surface area contributed by atoms with Crippen LogP contribution in [-0.2, 0) is 0 Å². The maximum absolute atomic E-state index is 8.41. The van der Waals surface area contributed by atoms with Crippen molar-refractivity contribution in [1.82, 2.24) is 5.32 Å². The molecular formula is C14H18N2O. The number of ether oxygens (including phenoxy) is 1. The Kier molecular flexibility index (Phi) is 4.00. The van der Waals surface area contributed by atoms with Gasteiger partial charge in [-0.15, -0.1) is 0 Å². The number of hydrogen-bond acceptors (Lipinski definition) is 3. The van der Waals surface area contributed by atoms with Gasteiger partial charge in [-0.25, -0.2) is 0 Å². The van der Waals surface area contributed by atoms with E-state index in [2.05, 4.69) is 24.4 Å². The molecule has 17 heavy (non-hydrogen) atoms. The zero-order valence-electron chi connectivity index (χ0n) is 10.1. The predicted molar refractivity (Wildman–Crippen MR) is 66.7 cm³/mol. The molecule has 3 nitrogen and oxygen atoms in total. The fraction of sp³-hybridized carbons (Fsp3) is 0.500. The summed E-state index contributed by atoms with van der Waals surface area (Å²) in [7, 11) is 0. The van der Waals surface area contributed by atoms with Gasteiger partial charge in [-0.3, -0.25) is 0 Å². The number of nitriles is 1. The van der Waals surface area contributed by atoms with E-state index in [1.807, 2.05) is 18.2 Å². The molecule has 0 amide bonds. The molecule has 0 spiro atoms. The summed E-state index contributed by atoms with van der Waals surface area (Å²) < 4.78 is 5.22. The van der Waals surface area contributed by atoms with E-state index in [0.717, 1.165) is 18.2 Å². The van der Waals surface area contributed by atoms with E-state index in [9.17, 15) is 0 Å². The van der Waals surface area contributed by atoms with Crippen LogP contribution in [0.15, 0.2) is 24.3 Å². The van der Waals surface area contributed by atoms with E-state index in [1.165, 1.54) is 18.4 Å². The Morgan fingerprint density at radius 3 is 2.71 bits per heavy atom. The fourth-order valence-corrected chi connectivity index (χ4v) is 1.75. The van der Waals surface area contributed by atoms with E-state index in [4.69, 9.17) is 10.00 Å². The van der Waals surface area contributed by atoms with Crippen molar-refractivity contribution in [3.8, 4) is 11.8 Å². The Hall–Kier alpha value is -1.53. The van der Waals surface area contributed by atoms with Crippen molar-refractivity contribution >= 4 is 0 Å². The first kappa shape index (κ1) is 11.9. The molecule has 1 aliphatic rings. The summed E-state index contributed by atoms with van der Waals surface area (Å²) in [6.45, 7) is 3.40. The van der Waals surface area contributed by atoms with Gasteiger partial charge in [0.25, 0.3) is 0 Å². The molecule has 0 heterocycles. The number of benzene rings is 1. The van der Waals surface area contributed by atoms with Gasteiger partial charge in [0, 0.05) is 6.04 Å². The highest BCUT2D eigenvalue weighted by Crippen LogP contribution is 2.28. The normalized spacial score (nSPS) is 16.2. The minimum Gasteiger partial charge on any atom is -0.479 e. The molecule has 1 unspecified atom stereocenters. The molecule has 0 aromatic heterocycles. The average Bonchev–Trinajstić information content (AvgIpc) is 3.18. The van der Waals surface area contributed by atoms with Crippen LogP contribution < -0.4 is 10.1 Å². The van der Waals surface area contributed by atoms with Crippen LogP contribution in [0.3, 0.4) is 0 Å². The maximum atomic E-state index is 8.41. The van der Waals surface area contributed by atoms with Crippen LogP contribution in [0.2, 0.25) is 0 Å². The van der Waals surface area contributed by atoms with Gasteiger partial charge in [0.2, 0.25) is 0 Å². The molecule has 0 bridgehead atoms. The lowest BCUT2D eigenvalue weighted by Crippen LogP contribution is -2.20. The molecule has 1 aliphatic carbocycles. The number of rotatable bonds is 6. The van der Waals surface area contributed by atoms with Crippen molar-refractivity contribution < 1.29 is 4.74 Å². The Balaban J connectivity index is 1.84. The summed E-state index contributed by atoms with van der Waals surface area (Å²) in [4.78, 5) is 0. The number of nitrogens with zero attached hydrogens (tertiary/aromatic N) is 1. The van der Waals surface area contributed by atoms with Crippen molar-refractivity contribution in [3.05, 3.63) is 29.8 Å². The highest BCUT2D eigenvalue weighted by atomic mass is 16.5. The monoisotopic (exact) mass is 230 g/mol. The van der Waals surface area contributed by atoms with Crippen molar-refractivity contribution in [3.63, 3.8) is 0 Å². The summed E-state index contributed by atoms with van der Waals surface area (Å²) in [5.41, 5.74) is 1.26. The predicted octanol–water partition coefficient (Wildman–Crippen LogP) is 2.65. The SMILES string of the molecule is CC(NCC1CC1)c1ccc(OCC#N)cc1. The molecule has 1 fully saturated rings. The second-order valence-corrected chi connectivity index (χ2v) is 4.59. The Morgan fingerprint density at radius 2 is 2.12 bits per heavy atom. The molecule has 1 atom stereocenters. The quantitative estimate of drug-likeness (QED) is 0.817. The van der Waals surface area contributed by atoms with Crippen LogP contribution in [0.5, 0.6) is 5.75 Å². The molecular weight excluding hydrogens is 212 g/mol. The van der Waals surface area contributed by atoms with Crippen LogP contribution in [-0.4, -0.2) is 13.2 Å². The van der Waals surface area contributed by atoms with Crippen LogP contribution in [0.1, 0.15) is 31.4 Å². The van der Waals surface area contributed by atoms with Gasteiger partial charge in [-0.2, -0.15) is 5.26 Å². The van der Waals surface area contributed by atoms with Gasteiger partial charge in [-0.1, -0.05) is 12.1 Å². The molecule has 1 aromatic carbocycles. The van der Waals surface area contributed by atoms with E-state index < -0.39 is 0 Å². The highest BCUT2D eigenvalue weighted by molar-refractivity contribution is 5.29. The largest absolute Gasteiger partial charge is 0.479 e. The second-order valence-electron chi connectivity index (χ2n) is 4.59. The molecule has 1 N–H and O–H groups in total. The first-order valence-corrected chi connectivity index (χ1v) is 6.12. The van der Waals surface area contributed by atoms with Crippen LogP contribution >= 0.6 is 0 Å². The molecule has 0 aliphatic heterocycles. The third-order valence-corrected chi connectivity index (χ3v) is 3.09. The molecule has 2 rings (SSSR count). The molecule has 1 saturated carbocycles. The molecule has 1 aromatic rings. The lowest BCUT2D eigenvalue weighted by Gasteiger charge is -2.14. The first-order valence-electron chi connectivity index (χ1n) is 6.12. The average molecular weight is 230 g/mol. The summed E-state index contributed by atoms with van der Waals surface area (Å²) in [5, 5.41) is 11.9. The lowest BCUT2D eigenvalue weighted by molar-refractivity contribution is 0.368. The van der Waals surface area contributed by atoms with Crippen molar-refractivity contribution in [2.45, 2.75) is 25.8 Å². The van der Waals surface area contributed by atoms with Crippen LogP contribution in [0.25, 0.3) is 0 Å². The van der Waals surface area contributed by atoms with E-state index in [-0.39, 0.29) is 6.61 Å². The van der Waals surface area contributed by atoms with Crippen molar-refractivity contribution in [2.24, 2.45) is 5.92 Å². The Morgan fingerprint density at radius 1 is 1.41 bits per heavy atom. The first-order chi connectivity index (χ1) is 8.29. The number of hydrogen-bond donors (Lipinski definition) is 1. The standard InChI is InChI=1S/C14H18N2O/c1-11(16-10-12-2-3-12)13-4-6-14(7-5-13)17-9-8-15/h4-7,11-12,16H,2-3,9-10H2,1H3. The fourth-order valence-electron chi connectivity index (χ4n) is 1.75. The minimum absolute atomic E-state index is 0.106. The van der Waals surface area contributed by atoms with Crippen LogP contribution in [0.4, 0.5) is 0 Å². The zero-order valence-corrected chi connectivity index (χ0v) is 10.1. The summed E-state index contributed by atoms with van der Waals surface area (Å²) in [6.07, 6.45) is 2.75. The van der Waals surface area contributed by atoms with E-state index >= 15 is 0 Å². The zero-order chi connectivity index (χ0) is 12.1. The minimum atomic E-state index is 0.106. The number of nitrogens with one attached hydrogen (secondary N) is 1. The molecule has 0 radical (unpaired) electrons. The smallest absolute Gasteiger partial charge is 0.174 e.